The summed E-state index contributed by atoms with van der Waals surface area (Å²) < 4.78 is 13.1. The van der Waals surface area contributed by atoms with E-state index in [0.717, 1.165) is 24.4 Å². The van der Waals surface area contributed by atoms with E-state index in [1.165, 1.54) is 18.7 Å². The van der Waals surface area contributed by atoms with E-state index in [2.05, 4.69) is 20.8 Å². The molecule has 5 rings (SSSR count). The number of nitrogens with one attached hydrogen (secondary N) is 2. The maximum Gasteiger partial charge on any atom is 0.234 e. The average molecular weight is 466 g/mol. The van der Waals surface area contributed by atoms with E-state index >= 15 is 0 Å². The van der Waals surface area contributed by atoms with Gasteiger partial charge in [0.25, 0.3) is 0 Å². The SMILES string of the molecule is CC(=O)Nc1cccc(-n2c(SCC(=O)Nc3ccc4c(c3)OCCO4)nnc2C2CC2)c1. The van der Waals surface area contributed by atoms with Crippen molar-refractivity contribution < 1.29 is 19.1 Å². The molecular weight excluding hydrogens is 442 g/mol. The first-order valence-electron chi connectivity index (χ1n) is 10.7. The number of anilines is 2. The Labute approximate surface area is 194 Å². The summed E-state index contributed by atoms with van der Waals surface area (Å²) in [6.45, 7) is 2.48. The van der Waals surface area contributed by atoms with Gasteiger partial charge in [-0.1, -0.05) is 17.8 Å². The Morgan fingerprint density at radius 1 is 1.03 bits per heavy atom. The Bertz CT molecular complexity index is 1210. The molecule has 2 amide bonds. The van der Waals surface area contributed by atoms with Gasteiger partial charge < -0.3 is 20.1 Å². The van der Waals surface area contributed by atoms with Crippen LogP contribution in [0.1, 0.15) is 31.5 Å². The van der Waals surface area contributed by atoms with Crippen molar-refractivity contribution in [1.82, 2.24) is 14.8 Å². The third kappa shape index (κ3) is 4.95. The number of rotatable bonds is 7. The van der Waals surface area contributed by atoms with Crippen LogP contribution in [0.2, 0.25) is 0 Å². The number of ether oxygens (including phenoxy) is 2. The van der Waals surface area contributed by atoms with Crippen LogP contribution in [0.15, 0.2) is 47.6 Å². The van der Waals surface area contributed by atoms with Crippen molar-refractivity contribution in [3.05, 3.63) is 48.3 Å². The standard InChI is InChI=1S/C23H23N5O4S/c1-14(29)24-16-3-2-4-18(11-16)28-22(15-5-6-15)26-27-23(28)33-13-21(30)25-17-7-8-19-20(12-17)32-10-9-31-19/h2-4,7-8,11-12,15H,5-6,9-10,13H2,1H3,(H,24,29)(H,25,30). The van der Waals surface area contributed by atoms with Crippen LogP contribution in [-0.2, 0) is 9.59 Å². The topological polar surface area (TPSA) is 107 Å². The van der Waals surface area contributed by atoms with Gasteiger partial charge in [-0.15, -0.1) is 10.2 Å². The molecule has 3 aromatic rings. The van der Waals surface area contributed by atoms with Gasteiger partial charge in [-0.25, -0.2) is 0 Å². The maximum atomic E-state index is 12.6. The molecule has 33 heavy (non-hydrogen) atoms. The minimum Gasteiger partial charge on any atom is -0.486 e. The van der Waals surface area contributed by atoms with Crippen molar-refractivity contribution >= 4 is 35.0 Å². The van der Waals surface area contributed by atoms with Crippen LogP contribution >= 0.6 is 11.8 Å². The highest BCUT2D eigenvalue weighted by Gasteiger charge is 2.31. The number of hydrogen-bond donors (Lipinski definition) is 2. The molecule has 2 heterocycles. The van der Waals surface area contributed by atoms with Crippen LogP contribution in [0.25, 0.3) is 5.69 Å². The van der Waals surface area contributed by atoms with Crippen LogP contribution in [0.5, 0.6) is 11.5 Å². The Hall–Kier alpha value is -3.53. The highest BCUT2D eigenvalue weighted by Crippen LogP contribution is 2.41. The van der Waals surface area contributed by atoms with Gasteiger partial charge in [0.05, 0.1) is 11.4 Å². The molecule has 0 atom stereocenters. The molecule has 2 aromatic carbocycles. The molecule has 0 saturated heterocycles. The zero-order valence-electron chi connectivity index (χ0n) is 18.0. The summed E-state index contributed by atoms with van der Waals surface area (Å²) in [6, 6.07) is 12.9. The zero-order valence-corrected chi connectivity index (χ0v) is 18.9. The maximum absolute atomic E-state index is 12.6. The van der Waals surface area contributed by atoms with Crippen LogP contribution in [0.4, 0.5) is 11.4 Å². The fraction of sp³-hybridized carbons (Fsp3) is 0.304. The molecule has 1 aliphatic heterocycles. The third-order valence-electron chi connectivity index (χ3n) is 5.18. The second-order valence-corrected chi connectivity index (χ2v) is 8.82. The Morgan fingerprint density at radius 2 is 1.82 bits per heavy atom. The second kappa shape index (κ2) is 9.14. The molecule has 9 nitrogen and oxygen atoms in total. The van der Waals surface area contributed by atoms with Crippen molar-refractivity contribution in [1.29, 1.82) is 0 Å². The fourth-order valence-electron chi connectivity index (χ4n) is 3.60. The minimum absolute atomic E-state index is 0.135. The number of amides is 2. The Morgan fingerprint density at radius 3 is 2.61 bits per heavy atom. The van der Waals surface area contributed by atoms with Crippen LogP contribution in [-0.4, -0.2) is 45.5 Å². The molecule has 1 aliphatic carbocycles. The number of carbonyl (C=O) groups is 2. The molecule has 2 aliphatic rings. The van der Waals surface area contributed by atoms with E-state index in [0.29, 0.717) is 47.2 Å². The molecule has 0 spiro atoms. The number of thioether (sulfide) groups is 1. The average Bonchev–Trinajstić information content (AvgIpc) is 3.56. The van der Waals surface area contributed by atoms with Gasteiger partial charge >= 0.3 is 0 Å². The lowest BCUT2D eigenvalue weighted by Gasteiger charge is -2.19. The largest absolute Gasteiger partial charge is 0.486 e. The number of benzene rings is 2. The molecule has 0 unspecified atom stereocenters. The highest BCUT2D eigenvalue weighted by atomic mass is 32.2. The van der Waals surface area contributed by atoms with Crippen LogP contribution in [0, 0.1) is 0 Å². The quantitative estimate of drug-likeness (QED) is 0.513. The Kier molecular flexibility index (Phi) is 5.91. The molecule has 170 valence electrons. The zero-order chi connectivity index (χ0) is 22.8. The van der Waals surface area contributed by atoms with Crippen molar-refractivity contribution in [2.24, 2.45) is 0 Å². The van der Waals surface area contributed by atoms with E-state index < -0.39 is 0 Å². The predicted octanol–water partition coefficient (Wildman–Crippen LogP) is 3.61. The number of fused-ring (bicyclic) bond motifs is 1. The first-order chi connectivity index (χ1) is 16.1. The summed E-state index contributed by atoms with van der Waals surface area (Å²) in [5, 5.41) is 15.1. The molecule has 1 aromatic heterocycles. The fourth-order valence-corrected chi connectivity index (χ4v) is 4.36. The number of carbonyl (C=O) groups excluding carboxylic acids is 2. The van der Waals surface area contributed by atoms with E-state index in [1.54, 1.807) is 18.2 Å². The summed E-state index contributed by atoms with van der Waals surface area (Å²) in [6.07, 6.45) is 2.14. The van der Waals surface area contributed by atoms with Gasteiger partial charge in [0.1, 0.15) is 19.0 Å². The summed E-state index contributed by atoms with van der Waals surface area (Å²) in [7, 11) is 0. The minimum atomic E-state index is -0.161. The number of hydrogen-bond acceptors (Lipinski definition) is 7. The van der Waals surface area contributed by atoms with Crippen LogP contribution in [0.3, 0.4) is 0 Å². The van der Waals surface area contributed by atoms with Crippen molar-refractivity contribution in [3.8, 4) is 17.2 Å². The molecule has 0 radical (unpaired) electrons. The molecular formula is C23H23N5O4S. The lowest BCUT2D eigenvalue weighted by Crippen LogP contribution is -2.17. The molecule has 0 bridgehead atoms. The van der Waals surface area contributed by atoms with E-state index in [9.17, 15) is 9.59 Å². The normalized spacial score (nSPS) is 14.6. The third-order valence-corrected chi connectivity index (χ3v) is 6.11. The van der Waals surface area contributed by atoms with Gasteiger partial charge in [0, 0.05) is 30.3 Å². The highest BCUT2D eigenvalue weighted by molar-refractivity contribution is 7.99. The lowest BCUT2D eigenvalue weighted by atomic mass is 10.2. The van der Waals surface area contributed by atoms with Gasteiger partial charge in [-0.05, 0) is 43.2 Å². The molecule has 2 N–H and O–H groups in total. The van der Waals surface area contributed by atoms with Gasteiger partial charge in [-0.3, -0.25) is 14.2 Å². The van der Waals surface area contributed by atoms with Crippen molar-refractivity contribution in [2.75, 3.05) is 29.6 Å². The summed E-state index contributed by atoms with van der Waals surface area (Å²) in [4.78, 5) is 24.1. The first kappa shape index (κ1) is 21.3. The molecule has 1 fully saturated rings. The summed E-state index contributed by atoms with van der Waals surface area (Å²) in [5.41, 5.74) is 2.19. The number of nitrogens with zero attached hydrogens (tertiary/aromatic N) is 3. The molecule has 1 saturated carbocycles. The summed E-state index contributed by atoms with van der Waals surface area (Å²) in [5.74, 6) is 2.42. The van der Waals surface area contributed by atoms with Crippen molar-refractivity contribution in [2.45, 2.75) is 30.8 Å². The van der Waals surface area contributed by atoms with E-state index in [4.69, 9.17) is 9.47 Å². The van der Waals surface area contributed by atoms with Gasteiger partial charge in [-0.2, -0.15) is 0 Å². The van der Waals surface area contributed by atoms with Crippen LogP contribution < -0.4 is 20.1 Å². The van der Waals surface area contributed by atoms with E-state index in [-0.39, 0.29) is 17.6 Å². The molecule has 10 heteroatoms. The second-order valence-electron chi connectivity index (χ2n) is 7.88. The van der Waals surface area contributed by atoms with Crippen molar-refractivity contribution in [3.63, 3.8) is 0 Å². The van der Waals surface area contributed by atoms with Gasteiger partial charge in [0.15, 0.2) is 16.7 Å². The monoisotopic (exact) mass is 465 g/mol. The smallest absolute Gasteiger partial charge is 0.234 e. The van der Waals surface area contributed by atoms with E-state index in [1.807, 2.05) is 28.8 Å². The van der Waals surface area contributed by atoms with Gasteiger partial charge in [0.2, 0.25) is 11.8 Å². The summed E-state index contributed by atoms with van der Waals surface area (Å²) >= 11 is 1.32. The Balaban J connectivity index is 1.31. The first-order valence-corrected chi connectivity index (χ1v) is 11.7. The number of aromatic nitrogens is 3. The lowest BCUT2D eigenvalue weighted by molar-refractivity contribution is -0.114. The predicted molar refractivity (Wildman–Crippen MR) is 124 cm³/mol.